The van der Waals surface area contributed by atoms with Crippen LogP contribution in [0.3, 0.4) is 0 Å². The summed E-state index contributed by atoms with van der Waals surface area (Å²) >= 11 is 0. The highest BCUT2D eigenvalue weighted by Gasteiger charge is 2.38. The molecule has 0 N–H and O–H groups in total. The molecule has 1 heteroatoms. The topological polar surface area (TPSA) is 0 Å². The lowest BCUT2D eigenvalue weighted by Gasteiger charge is -2.42. The van der Waals surface area contributed by atoms with E-state index in [0.29, 0.717) is 10.3 Å². The summed E-state index contributed by atoms with van der Waals surface area (Å²) in [5, 5.41) is 2.31. The molecule has 0 saturated heterocycles. The van der Waals surface area contributed by atoms with Crippen LogP contribution in [0.4, 0.5) is 0 Å². The third-order valence-electron chi connectivity index (χ3n) is 4.59. The summed E-state index contributed by atoms with van der Waals surface area (Å²) < 4.78 is 0. The van der Waals surface area contributed by atoms with Crippen molar-refractivity contribution in [3.8, 4) is 11.1 Å². The van der Waals surface area contributed by atoms with Gasteiger partial charge in [-0.15, -0.1) is 0 Å². The Balaban J connectivity index is 2.08. The highest BCUT2D eigenvalue weighted by Crippen LogP contribution is 2.66. The molecule has 0 aromatic heterocycles. The van der Waals surface area contributed by atoms with Crippen LogP contribution in [0, 0.1) is 0 Å². The van der Waals surface area contributed by atoms with Gasteiger partial charge >= 0.3 is 0 Å². The van der Waals surface area contributed by atoms with Crippen molar-refractivity contribution in [2.75, 3.05) is 0 Å². The van der Waals surface area contributed by atoms with Gasteiger partial charge in [-0.2, -0.15) is 0 Å². The van der Waals surface area contributed by atoms with Crippen molar-refractivity contribution < 1.29 is 0 Å². The standard InChI is InChI=1S/C23H29P/c1-22(2,3)24(23(4,5)6)19-15-18-13-10-14-20(21(18)16-19)17-11-8-7-9-12-17/h7-14,16H,15H2,1-6H3. The third kappa shape index (κ3) is 3.35. The zero-order valence-corrected chi connectivity index (χ0v) is 16.7. The third-order valence-corrected chi connectivity index (χ3v) is 8.14. The van der Waals surface area contributed by atoms with Gasteiger partial charge in [0, 0.05) is 0 Å². The van der Waals surface area contributed by atoms with Crippen molar-refractivity contribution in [1.29, 1.82) is 0 Å². The van der Waals surface area contributed by atoms with Crippen LogP contribution in [-0.4, -0.2) is 10.3 Å². The lowest BCUT2D eigenvalue weighted by molar-refractivity contribution is 0.710. The Kier molecular flexibility index (Phi) is 4.47. The van der Waals surface area contributed by atoms with Crippen LogP contribution < -0.4 is 0 Å². The quantitative estimate of drug-likeness (QED) is 0.504. The largest absolute Gasteiger partial charge is 0.0683 e. The first-order chi connectivity index (χ1) is 11.2. The zero-order chi connectivity index (χ0) is 17.5. The fourth-order valence-corrected chi connectivity index (χ4v) is 8.55. The summed E-state index contributed by atoms with van der Waals surface area (Å²) in [4.78, 5) is 0. The highest BCUT2D eigenvalue weighted by atomic mass is 31.1. The average Bonchev–Trinajstić information content (AvgIpc) is 2.87. The molecule has 24 heavy (non-hydrogen) atoms. The smallest absolute Gasteiger partial charge is 0.00145 e. The first-order valence-corrected chi connectivity index (χ1v) is 10.2. The fraction of sp³-hybridized carbons (Fsp3) is 0.391. The summed E-state index contributed by atoms with van der Waals surface area (Å²) in [5.41, 5.74) is 5.63. The summed E-state index contributed by atoms with van der Waals surface area (Å²) in [7, 11) is -0.210. The van der Waals surface area contributed by atoms with Crippen LogP contribution in [0.15, 0.2) is 53.8 Å². The van der Waals surface area contributed by atoms with E-state index in [0.717, 1.165) is 6.42 Å². The van der Waals surface area contributed by atoms with E-state index in [1.54, 1.807) is 5.31 Å². The van der Waals surface area contributed by atoms with Gasteiger partial charge in [-0.3, -0.25) is 0 Å². The maximum Gasteiger partial charge on any atom is -0.00145 e. The second-order valence-corrected chi connectivity index (χ2v) is 12.7. The Labute approximate surface area is 148 Å². The highest BCUT2D eigenvalue weighted by molar-refractivity contribution is 7.65. The molecule has 0 aliphatic heterocycles. The molecule has 0 atom stereocenters. The van der Waals surface area contributed by atoms with Crippen LogP contribution in [-0.2, 0) is 6.42 Å². The van der Waals surface area contributed by atoms with E-state index in [4.69, 9.17) is 0 Å². The molecular formula is C23H29P. The minimum Gasteiger partial charge on any atom is -0.0683 e. The van der Waals surface area contributed by atoms with Crippen LogP contribution >= 0.6 is 7.92 Å². The minimum absolute atomic E-state index is 0.210. The molecule has 126 valence electrons. The molecule has 0 nitrogen and oxygen atoms in total. The van der Waals surface area contributed by atoms with E-state index >= 15 is 0 Å². The maximum absolute atomic E-state index is 2.51. The number of rotatable bonds is 2. The van der Waals surface area contributed by atoms with Gasteiger partial charge in [0.05, 0.1) is 0 Å². The molecule has 1 aliphatic rings. The van der Waals surface area contributed by atoms with E-state index in [1.807, 2.05) is 0 Å². The number of allylic oxidation sites excluding steroid dienone is 1. The predicted molar refractivity (Wildman–Crippen MR) is 110 cm³/mol. The van der Waals surface area contributed by atoms with Gasteiger partial charge in [0.15, 0.2) is 0 Å². The molecule has 0 radical (unpaired) electrons. The van der Waals surface area contributed by atoms with E-state index < -0.39 is 0 Å². The summed E-state index contributed by atoms with van der Waals surface area (Å²) in [6.07, 6.45) is 3.64. The van der Waals surface area contributed by atoms with Crippen LogP contribution in [0.5, 0.6) is 0 Å². The molecular weight excluding hydrogens is 307 g/mol. The predicted octanol–water partition coefficient (Wildman–Crippen LogP) is 7.33. The Morgan fingerprint density at radius 3 is 1.96 bits per heavy atom. The van der Waals surface area contributed by atoms with Gasteiger partial charge in [-0.25, -0.2) is 0 Å². The molecule has 1 aliphatic carbocycles. The van der Waals surface area contributed by atoms with Crippen molar-refractivity contribution in [2.45, 2.75) is 58.3 Å². The molecule has 0 unspecified atom stereocenters. The van der Waals surface area contributed by atoms with Crippen molar-refractivity contribution in [3.05, 3.63) is 65.0 Å². The number of hydrogen-bond acceptors (Lipinski definition) is 0. The van der Waals surface area contributed by atoms with E-state index in [2.05, 4.69) is 96.1 Å². The Bertz CT molecular complexity index is 741. The first kappa shape index (κ1) is 17.4. The SMILES string of the molecule is CC(C)(C)P(C1=Cc2c(cccc2-c2ccccc2)C1)C(C)(C)C. The van der Waals surface area contributed by atoms with Gasteiger partial charge in [0.25, 0.3) is 0 Å². The average molecular weight is 336 g/mol. The van der Waals surface area contributed by atoms with Gasteiger partial charge < -0.3 is 0 Å². The second-order valence-electron chi connectivity index (χ2n) is 8.73. The van der Waals surface area contributed by atoms with Crippen molar-refractivity contribution in [3.63, 3.8) is 0 Å². The van der Waals surface area contributed by atoms with E-state index in [9.17, 15) is 0 Å². The molecule has 0 fully saturated rings. The molecule has 0 spiro atoms. The molecule has 3 rings (SSSR count). The van der Waals surface area contributed by atoms with Crippen molar-refractivity contribution >= 4 is 14.0 Å². The Hall–Kier alpha value is -1.39. The van der Waals surface area contributed by atoms with Gasteiger partial charge in [0.1, 0.15) is 0 Å². The molecule has 0 amide bonds. The lowest BCUT2D eigenvalue weighted by atomic mass is 9.97. The molecule has 0 bridgehead atoms. The molecule has 2 aromatic rings. The van der Waals surface area contributed by atoms with Gasteiger partial charge in [-0.05, 0) is 44.3 Å². The zero-order valence-electron chi connectivity index (χ0n) is 15.9. The number of fused-ring (bicyclic) bond motifs is 1. The maximum atomic E-state index is 2.51. The lowest BCUT2D eigenvalue weighted by Crippen LogP contribution is -2.25. The van der Waals surface area contributed by atoms with Gasteiger partial charge in [-0.1, -0.05) is 104 Å². The Morgan fingerprint density at radius 1 is 0.750 bits per heavy atom. The summed E-state index contributed by atoms with van der Waals surface area (Å²) in [5.74, 6) is 0. The Morgan fingerprint density at radius 2 is 1.38 bits per heavy atom. The fourth-order valence-electron chi connectivity index (χ4n) is 4.23. The van der Waals surface area contributed by atoms with E-state index in [1.165, 1.54) is 22.3 Å². The molecule has 2 aromatic carbocycles. The monoisotopic (exact) mass is 336 g/mol. The normalized spacial score (nSPS) is 14.7. The van der Waals surface area contributed by atoms with Crippen molar-refractivity contribution in [1.82, 2.24) is 0 Å². The minimum atomic E-state index is -0.210. The van der Waals surface area contributed by atoms with Gasteiger partial charge in [0.2, 0.25) is 0 Å². The van der Waals surface area contributed by atoms with Crippen LogP contribution in [0.1, 0.15) is 52.7 Å². The second kappa shape index (κ2) is 6.16. The first-order valence-electron chi connectivity index (χ1n) is 8.86. The van der Waals surface area contributed by atoms with Crippen LogP contribution in [0.2, 0.25) is 0 Å². The molecule has 0 heterocycles. The summed E-state index contributed by atoms with van der Waals surface area (Å²) in [6.45, 7) is 14.5. The van der Waals surface area contributed by atoms with E-state index in [-0.39, 0.29) is 7.92 Å². The molecule has 0 saturated carbocycles. The van der Waals surface area contributed by atoms with Crippen LogP contribution in [0.25, 0.3) is 17.2 Å². The summed E-state index contributed by atoms with van der Waals surface area (Å²) in [6, 6.07) is 17.6. The number of benzene rings is 2. The number of hydrogen-bond donors (Lipinski definition) is 0. The van der Waals surface area contributed by atoms with Crippen molar-refractivity contribution in [2.24, 2.45) is 0 Å².